The molecule has 0 radical (unpaired) electrons. The first-order chi connectivity index (χ1) is 7.32. The van der Waals surface area contributed by atoms with E-state index in [2.05, 4.69) is 0 Å². The summed E-state index contributed by atoms with van der Waals surface area (Å²) in [6.07, 6.45) is 1.95. The molecular weight excluding hydrogens is 208 g/mol. The maximum Gasteiger partial charge on any atom is 0.350 e. The molecule has 92 valence electrons. The van der Waals surface area contributed by atoms with E-state index >= 15 is 0 Å². The topological polar surface area (TPSA) is 52.6 Å². The van der Waals surface area contributed by atoms with Crippen molar-refractivity contribution in [2.75, 3.05) is 6.61 Å². The lowest BCUT2D eigenvalue weighted by Gasteiger charge is -2.33. The molecule has 1 rings (SSSR count). The lowest BCUT2D eigenvalue weighted by molar-refractivity contribution is -0.193. The summed E-state index contributed by atoms with van der Waals surface area (Å²) in [6.45, 7) is 7.59. The van der Waals surface area contributed by atoms with Gasteiger partial charge >= 0.3 is 11.9 Å². The van der Waals surface area contributed by atoms with Crippen LogP contribution in [0, 0.1) is 5.41 Å². The van der Waals surface area contributed by atoms with Crippen molar-refractivity contribution in [3.8, 4) is 0 Å². The van der Waals surface area contributed by atoms with Crippen molar-refractivity contribution in [2.45, 2.75) is 52.6 Å². The maximum atomic E-state index is 11.9. The Kier molecular flexibility index (Phi) is 3.61. The number of carbonyl (C=O) groups is 2. The van der Waals surface area contributed by atoms with Crippen molar-refractivity contribution < 1.29 is 19.1 Å². The number of rotatable bonds is 3. The van der Waals surface area contributed by atoms with Crippen LogP contribution in [0.5, 0.6) is 0 Å². The van der Waals surface area contributed by atoms with Crippen LogP contribution < -0.4 is 0 Å². The lowest BCUT2D eigenvalue weighted by Crippen LogP contribution is -2.47. The zero-order valence-corrected chi connectivity index (χ0v) is 10.5. The molecule has 1 atom stereocenters. The van der Waals surface area contributed by atoms with Gasteiger partial charge < -0.3 is 9.47 Å². The van der Waals surface area contributed by atoms with Gasteiger partial charge in [-0.2, -0.15) is 0 Å². The normalized spacial score (nSPS) is 26.1. The van der Waals surface area contributed by atoms with Gasteiger partial charge in [-0.1, -0.05) is 6.92 Å². The van der Waals surface area contributed by atoms with Gasteiger partial charge in [0.05, 0.1) is 12.0 Å². The highest BCUT2D eigenvalue weighted by atomic mass is 16.6. The van der Waals surface area contributed by atoms with E-state index in [1.807, 2.05) is 20.8 Å². The minimum absolute atomic E-state index is 0.337. The zero-order valence-electron chi connectivity index (χ0n) is 10.5. The van der Waals surface area contributed by atoms with Crippen LogP contribution in [-0.2, 0) is 19.1 Å². The minimum Gasteiger partial charge on any atom is -0.463 e. The Hall–Kier alpha value is -1.06. The van der Waals surface area contributed by atoms with Crippen molar-refractivity contribution in [2.24, 2.45) is 5.41 Å². The Labute approximate surface area is 96.3 Å². The summed E-state index contributed by atoms with van der Waals surface area (Å²) in [5.41, 5.74) is -1.65. The number of esters is 2. The van der Waals surface area contributed by atoms with Gasteiger partial charge in [-0.05, 0) is 33.6 Å². The molecule has 1 unspecified atom stereocenters. The minimum atomic E-state index is -1.10. The molecule has 0 aliphatic carbocycles. The van der Waals surface area contributed by atoms with E-state index in [9.17, 15) is 9.59 Å². The van der Waals surface area contributed by atoms with Gasteiger partial charge in [-0.3, -0.25) is 4.79 Å². The van der Waals surface area contributed by atoms with E-state index < -0.39 is 17.0 Å². The smallest absolute Gasteiger partial charge is 0.350 e. The molecule has 4 nitrogen and oxygen atoms in total. The predicted molar refractivity (Wildman–Crippen MR) is 58.8 cm³/mol. The number of cyclic esters (lactones) is 1. The third kappa shape index (κ3) is 2.54. The summed E-state index contributed by atoms with van der Waals surface area (Å²) in [7, 11) is 0. The fourth-order valence-corrected chi connectivity index (χ4v) is 1.41. The van der Waals surface area contributed by atoms with Gasteiger partial charge in [0.2, 0.25) is 5.60 Å². The van der Waals surface area contributed by atoms with Crippen LogP contribution in [0.3, 0.4) is 0 Å². The molecule has 4 heteroatoms. The van der Waals surface area contributed by atoms with Crippen molar-refractivity contribution in [1.82, 2.24) is 0 Å². The standard InChI is InChI=1S/C12H20O4/c1-5-11(2,3)9(13)16-12(4)7-6-8-15-10(12)14/h5-8H2,1-4H3. The number of ether oxygens (including phenoxy) is 2. The second-order valence-electron chi connectivity index (χ2n) is 5.10. The largest absolute Gasteiger partial charge is 0.463 e. The first-order valence-corrected chi connectivity index (χ1v) is 5.72. The molecule has 1 aliphatic rings. The van der Waals surface area contributed by atoms with Crippen LogP contribution in [0.1, 0.15) is 47.0 Å². The molecule has 0 aromatic heterocycles. The quantitative estimate of drug-likeness (QED) is 0.694. The first-order valence-electron chi connectivity index (χ1n) is 5.72. The molecule has 1 heterocycles. The van der Waals surface area contributed by atoms with Gasteiger partial charge in [0.25, 0.3) is 0 Å². The van der Waals surface area contributed by atoms with E-state index in [0.717, 1.165) is 6.42 Å². The fourth-order valence-electron chi connectivity index (χ4n) is 1.41. The second-order valence-corrected chi connectivity index (χ2v) is 5.10. The molecule has 1 saturated heterocycles. The molecule has 16 heavy (non-hydrogen) atoms. The van der Waals surface area contributed by atoms with Crippen LogP contribution in [0.2, 0.25) is 0 Å². The van der Waals surface area contributed by atoms with Gasteiger partial charge in [0, 0.05) is 6.42 Å². The number of hydrogen-bond donors (Lipinski definition) is 0. The van der Waals surface area contributed by atoms with Crippen LogP contribution in [0.15, 0.2) is 0 Å². The highest BCUT2D eigenvalue weighted by Crippen LogP contribution is 2.29. The fraction of sp³-hybridized carbons (Fsp3) is 0.833. The van der Waals surface area contributed by atoms with Gasteiger partial charge in [0.15, 0.2) is 0 Å². The van der Waals surface area contributed by atoms with E-state index in [-0.39, 0.29) is 5.97 Å². The van der Waals surface area contributed by atoms with Gasteiger partial charge in [-0.25, -0.2) is 4.79 Å². The monoisotopic (exact) mass is 228 g/mol. The van der Waals surface area contributed by atoms with Crippen LogP contribution in [-0.4, -0.2) is 24.1 Å². The zero-order chi connectivity index (χ0) is 12.4. The van der Waals surface area contributed by atoms with Gasteiger partial charge in [0.1, 0.15) is 0 Å². The Morgan fingerprint density at radius 2 is 2.19 bits per heavy atom. The highest BCUT2D eigenvalue weighted by molar-refractivity contribution is 5.85. The van der Waals surface area contributed by atoms with E-state index in [1.54, 1.807) is 6.92 Å². The summed E-state index contributed by atoms with van der Waals surface area (Å²) >= 11 is 0. The molecule has 0 spiro atoms. The third-order valence-corrected chi connectivity index (χ3v) is 3.22. The first kappa shape index (κ1) is 13.0. The van der Waals surface area contributed by atoms with Crippen LogP contribution in [0.25, 0.3) is 0 Å². The number of hydrogen-bond acceptors (Lipinski definition) is 4. The molecule has 0 amide bonds. The Bertz CT molecular complexity index is 295. The molecule has 0 aromatic rings. The molecule has 0 N–H and O–H groups in total. The van der Waals surface area contributed by atoms with E-state index in [0.29, 0.717) is 19.4 Å². The average Bonchev–Trinajstić information content (AvgIpc) is 2.22. The second kappa shape index (κ2) is 4.44. The Morgan fingerprint density at radius 3 is 2.69 bits per heavy atom. The maximum absolute atomic E-state index is 11.9. The summed E-state index contributed by atoms with van der Waals surface area (Å²) in [5, 5.41) is 0. The van der Waals surface area contributed by atoms with Gasteiger partial charge in [-0.15, -0.1) is 0 Å². The molecule has 1 fully saturated rings. The average molecular weight is 228 g/mol. The highest BCUT2D eigenvalue weighted by Gasteiger charge is 2.43. The Balaban J connectivity index is 2.72. The van der Waals surface area contributed by atoms with Crippen molar-refractivity contribution in [3.63, 3.8) is 0 Å². The molecule has 0 aromatic carbocycles. The summed E-state index contributed by atoms with van der Waals surface area (Å²) in [5.74, 6) is -0.768. The predicted octanol–water partition coefficient (Wildman–Crippen LogP) is 2.06. The van der Waals surface area contributed by atoms with Crippen LogP contribution in [0.4, 0.5) is 0 Å². The van der Waals surface area contributed by atoms with Crippen molar-refractivity contribution in [1.29, 1.82) is 0 Å². The third-order valence-electron chi connectivity index (χ3n) is 3.22. The molecule has 0 saturated carbocycles. The lowest BCUT2D eigenvalue weighted by atomic mass is 9.89. The van der Waals surface area contributed by atoms with E-state index in [4.69, 9.17) is 9.47 Å². The number of carbonyl (C=O) groups excluding carboxylic acids is 2. The SMILES string of the molecule is CCC(C)(C)C(=O)OC1(C)CCCOC1=O. The molecule has 0 bridgehead atoms. The Morgan fingerprint density at radius 1 is 1.56 bits per heavy atom. The van der Waals surface area contributed by atoms with Crippen LogP contribution >= 0.6 is 0 Å². The summed E-state index contributed by atoms with van der Waals surface area (Å²) in [4.78, 5) is 23.5. The summed E-state index contributed by atoms with van der Waals surface area (Å²) < 4.78 is 10.3. The molecule has 1 aliphatic heterocycles. The molecular formula is C12H20O4. The van der Waals surface area contributed by atoms with Crippen molar-refractivity contribution >= 4 is 11.9 Å². The van der Waals surface area contributed by atoms with Crippen molar-refractivity contribution in [3.05, 3.63) is 0 Å². The van der Waals surface area contributed by atoms with E-state index in [1.165, 1.54) is 0 Å². The summed E-state index contributed by atoms with van der Waals surface area (Å²) in [6, 6.07) is 0.